The lowest BCUT2D eigenvalue weighted by Crippen LogP contribution is -2.47. The van der Waals surface area contributed by atoms with E-state index < -0.39 is 0 Å². The van der Waals surface area contributed by atoms with E-state index in [9.17, 15) is 0 Å². The fourth-order valence-electron chi connectivity index (χ4n) is 2.64. The Morgan fingerprint density at radius 1 is 0.812 bits per heavy atom. The summed E-state index contributed by atoms with van der Waals surface area (Å²) in [5, 5.41) is 0. The van der Waals surface area contributed by atoms with Crippen LogP contribution in [0.1, 0.15) is 19.8 Å². The van der Waals surface area contributed by atoms with Crippen molar-refractivity contribution in [1.82, 2.24) is 14.7 Å². The van der Waals surface area contributed by atoms with Gasteiger partial charge in [0.25, 0.3) is 0 Å². The van der Waals surface area contributed by atoms with Gasteiger partial charge in [-0.1, -0.05) is 6.92 Å². The molecule has 3 nitrogen and oxygen atoms in total. The molecule has 0 spiro atoms. The Hall–Kier alpha value is -0.120. The van der Waals surface area contributed by atoms with Crippen LogP contribution in [0, 0.1) is 5.92 Å². The van der Waals surface area contributed by atoms with Crippen LogP contribution in [-0.2, 0) is 0 Å². The molecule has 2 aliphatic heterocycles. The van der Waals surface area contributed by atoms with Crippen molar-refractivity contribution in [3.8, 4) is 0 Å². The van der Waals surface area contributed by atoms with Crippen molar-refractivity contribution in [3.05, 3.63) is 0 Å². The average molecular weight is 225 g/mol. The van der Waals surface area contributed by atoms with Gasteiger partial charge in [0.2, 0.25) is 0 Å². The molecular weight excluding hydrogens is 198 g/mol. The van der Waals surface area contributed by atoms with Crippen molar-refractivity contribution in [3.63, 3.8) is 0 Å². The summed E-state index contributed by atoms with van der Waals surface area (Å²) in [5.41, 5.74) is 0. The minimum atomic E-state index is 0.958. The third kappa shape index (κ3) is 3.72. The SMILES string of the molecule is CC1CCN(CCN2CCN(C)CC2)CC1. The molecule has 2 rings (SSSR count). The molecule has 2 fully saturated rings. The first-order chi connectivity index (χ1) is 7.74. The summed E-state index contributed by atoms with van der Waals surface area (Å²) in [7, 11) is 2.23. The number of hydrogen-bond acceptors (Lipinski definition) is 3. The molecule has 0 aliphatic carbocycles. The summed E-state index contributed by atoms with van der Waals surface area (Å²) in [6, 6.07) is 0. The molecule has 0 aromatic rings. The molecule has 0 saturated carbocycles. The number of rotatable bonds is 3. The highest BCUT2D eigenvalue weighted by Gasteiger charge is 2.18. The van der Waals surface area contributed by atoms with E-state index in [-0.39, 0.29) is 0 Å². The van der Waals surface area contributed by atoms with Gasteiger partial charge in [0.15, 0.2) is 0 Å². The van der Waals surface area contributed by atoms with Crippen molar-refractivity contribution in [1.29, 1.82) is 0 Å². The van der Waals surface area contributed by atoms with Gasteiger partial charge >= 0.3 is 0 Å². The van der Waals surface area contributed by atoms with Crippen LogP contribution >= 0.6 is 0 Å². The fraction of sp³-hybridized carbons (Fsp3) is 1.00. The molecule has 0 unspecified atom stereocenters. The summed E-state index contributed by atoms with van der Waals surface area (Å²) < 4.78 is 0. The Bertz CT molecular complexity index is 169. The molecule has 16 heavy (non-hydrogen) atoms. The van der Waals surface area contributed by atoms with Gasteiger partial charge in [-0.15, -0.1) is 0 Å². The van der Waals surface area contributed by atoms with E-state index in [1.807, 2.05) is 0 Å². The van der Waals surface area contributed by atoms with Crippen LogP contribution in [0.3, 0.4) is 0 Å². The van der Waals surface area contributed by atoms with E-state index in [2.05, 4.69) is 28.7 Å². The Morgan fingerprint density at radius 3 is 1.88 bits per heavy atom. The van der Waals surface area contributed by atoms with Crippen molar-refractivity contribution in [2.45, 2.75) is 19.8 Å². The summed E-state index contributed by atoms with van der Waals surface area (Å²) in [6.45, 7) is 12.6. The Morgan fingerprint density at radius 2 is 1.31 bits per heavy atom. The predicted octanol–water partition coefficient (Wildman–Crippen LogP) is 0.966. The highest BCUT2D eigenvalue weighted by Crippen LogP contribution is 2.15. The maximum atomic E-state index is 2.65. The predicted molar refractivity (Wildman–Crippen MR) is 68.8 cm³/mol. The second-order valence-electron chi connectivity index (χ2n) is 5.67. The van der Waals surface area contributed by atoms with E-state index >= 15 is 0 Å². The molecule has 0 N–H and O–H groups in total. The van der Waals surface area contributed by atoms with Gasteiger partial charge in [-0.25, -0.2) is 0 Å². The molecule has 0 aromatic carbocycles. The Kier molecular flexibility index (Phi) is 4.62. The minimum absolute atomic E-state index is 0.958. The van der Waals surface area contributed by atoms with Gasteiger partial charge in [-0.2, -0.15) is 0 Å². The van der Waals surface area contributed by atoms with E-state index in [4.69, 9.17) is 0 Å². The molecule has 0 atom stereocenters. The molecule has 0 radical (unpaired) electrons. The lowest BCUT2D eigenvalue weighted by molar-refractivity contribution is 0.121. The van der Waals surface area contributed by atoms with E-state index in [0.29, 0.717) is 0 Å². The Labute approximate surface area is 100 Å². The lowest BCUT2D eigenvalue weighted by atomic mass is 9.99. The first-order valence-electron chi connectivity index (χ1n) is 6.87. The molecular formula is C13H27N3. The second kappa shape index (κ2) is 5.99. The maximum Gasteiger partial charge on any atom is 0.0110 e. The van der Waals surface area contributed by atoms with Gasteiger partial charge in [0.1, 0.15) is 0 Å². The summed E-state index contributed by atoms with van der Waals surface area (Å²) in [4.78, 5) is 7.70. The summed E-state index contributed by atoms with van der Waals surface area (Å²) >= 11 is 0. The van der Waals surface area contributed by atoms with Crippen molar-refractivity contribution < 1.29 is 0 Å². The smallest absolute Gasteiger partial charge is 0.0110 e. The average Bonchev–Trinajstić information content (AvgIpc) is 2.30. The number of piperazine rings is 1. The summed E-state index contributed by atoms with van der Waals surface area (Å²) in [5.74, 6) is 0.958. The van der Waals surface area contributed by atoms with Crippen LogP contribution in [0.25, 0.3) is 0 Å². The van der Waals surface area contributed by atoms with Crippen LogP contribution < -0.4 is 0 Å². The van der Waals surface area contributed by atoms with E-state index in [0.717, 1.165) is 5.92 Å². The van der Waals surface area contributed by atoms with Crippen molar-refractivity contribution in [2.24, 2.45) is 5.92 Å². The number of piperidine rings is 1. The van der Waals surface area contributed by atoms with Crippen LogP contribution in [0.4, 0.5) is 0 Å². The fourth-order valence-corrected chi connectivity index (χ4v) is 2.64. The third-order valence-electron chi connectivity index (χ3n) is 4.20. The van der Waals surface area contributed by atoms with Crippen LogP contribution in [0.5, 0.6) is 0 Å². The van der Waals surface area contributed by atoms with E-state index in [1.165, 1.54) is 65.2 Å². The maximum absolute atomic E-state index is 2.65. The number of hydrogen-bond donors (Lipinski definition) is 0. The second-order valence-corrected chi connectivity index (χ2v) is 5.67. The quantitative estimate of drug-likeness (QED) is 0.708. The van der Waals surface area contributed by atoms with Crippen LogP contribution in [-0.4, -0.2) is 74.1 Å². The van der Waals surface area contributed by atoms with Gasteiger partial charge in [-0.05, 0) is 38.9 Å². The largest absolute Gasteiger partial charge is 0.304 e. The highest BCUT2D eigenvalue weighted by molar-refractivity contribution is 4.73. The zero-order chi connectivity index (χ0) is 11.4. The zero-order valence-electron chi connectivity index (χ0n) is 11.0. The molecule has 0 bridgehead atoms. The number of nitrogens with zero attached hydrogens (tertiary/aromatic N) is 3. The molecule has 0 amide bonds. The monoisotopic (exact) mass is 225 g/mol. The van der Waals surface area contributed by atoms with Gasteiger partial charge in [0, 0.05) is 39.3 Å². The van der Waals surface area contributed by atoms with Crippen LogP contribution in [0.2, 0.25) is 0 Å². The van der Waals surface area contributed by atoms with Crippen molar-refractivity contribution in [2.75, 3.05) is 59.4 Å². The summed E-state index contributed by atoms with van der Waals surface area (Å²) in [6.07, 6.45) is 2.81. The van der Waals surface area contributed by atoms with E-state index in [1.54, 1.807) is 0 Å². The van der Waals surface area contributed by atoms with Gasteiger partial charge in [-0.3, -0.25) is 4.90 Å². The molecule has 94 valence electrons. The van der Waals surface area contributed by atoms with Gasteiger partial charge in [0.05, 0.1) is 0 Å². The van der Waals surface area contributed by atoms with Crippen LogP contribution in [0.15, 0.2) is 0 Å². The molecule has 0 aromatic heterocycles. The highest BCUT2D eigenvalue weighted by atomic mass is 15.3. The molecule has 2 saturated heterocycles. The zero-order valence-corrected chi connectivity index (χ0v) is 11.0. The van der Waals surface area contributed by atoms with Crippen molar-refractivity contribution >= 4 is 0 Å². The standard InChI is InChI=1S/C13H27N3/c1-13-3-5-15(6-4-13)11-12-16-9-7-14(2)8-10-16/h13H,3-12H2,1-2H3. The topological polar surface area (TPSA) is 9.72 Å². The first-order valence-corrected chi connectivity index (χ1v) is 6.87. The minimum Gasteiger partial charge on any atom is -0.304 e. The first kappa shape index (κ1) is 12.3. The molecule has 2 aliphatic rings. The third-order valence-corrected chi connectivity index (χ3v) is 4.20. The number of likely N-dealkylation sites (N-methyl/N-ethyl adjacent to an activating group) is 1. The normalized spacial score (nSPS) is 27.4. The Balaban J connectivity index is 1.60. The molecule has 3 heteroatoms. The number of likely N-dealkylation sites (tertiary alicyclic amines) is 1. The lowest BCUT2D eigenvalue weighted by Gasteiger charge is -2.35. The molecule has 2 heterocycles. The van der Waals surface area contributed by atoms with Gasteiger partial charge < -0.3 is 9.80 Å².